The van der Waals surface area contributed by atoms with Gasteiger partial charge in [-0.2, -0.15) is 9.61 Å². The van der Waals surface area contributed by atoms with Crippen LogP contribution in [0, 0.1) is 0 Å². The summed E-state index contributed by atoms with van der Waals surface area (Å²) in [5.74, 6) is -0.233. The van der Waals surface area contributed by atoms with E-state index in [1.807, 2.05) is 18.5 Å². The number of nitrogens with zero attached hydrogens (tertiary/aromatic N) is 2. The van der Waals surface area contributed by atoms with E-state index in [0.717, 1.165) is 17.8 Å². The van der Waals surface area contributed by atoms with Gasteiger partial charge in [0, 0.05) is 6.54 Å². The molecule has 2 rings (SSSR count). The maximum atomic E-state index is 11.9. The summed E-state index contributed by atoms with van der Waals surface area (Å²) in [7, 11) is -4.29. The highest BCUT2D eigenvalue weighted by Crippen LogP contribution is 2.30. The lowest BCUT2D eigenvalue weighted by Gasteiger charge is -2.07. The molecular formula is C10H14N5O5PS. The van der Waals surface area contributed by atoms with Gasteiger partial charge >= 0.3 is 12.6 Å². The second kappa shape index (κ2) is 6.55. The lowest BCUT2D eigenvalue weighted by atomic mass is 10.4. The van der Waals surface area contributed by atoms with Crippen LogP contribution < -0.4 is 21.4 Å². The van der Waals surface area contributed by atoms with Crippen LogP contribution in [0.2, 0.25) is 0 Å². The fourth-order valence-electron chi connectivity index (χ4n) is 1.62. The van der Waals surface area contributed by atoms with Gasteiger partial charge in [-0.25, -0.2) is 15.5 Å². The largest absolute Gasteiger partial charge is 0.421 e. The number of hydrogen-bond donors (Lipinski definition) is 4. The molecule has 10 nitrogen and oxygen atoms in total. The maximum Gasteiger partial charge on any atom is 0.421 e. The van der Waals surface area contributed by atoms with Crippen LogP contribution in [-0.2, 0) is 15.7 Å². The lowest BCUT2D eigenvalue weighted by Crippen LogP contribution is -2.16. The predicted octanol–water partition coefficient (Wildman–Crippen LogP) is 0.515. The molecule has 120 valence electrons. The minimum Gasteiger partial charge on any atom is -0.311 e. The number of aromatic nitrogens is 3. The number of H-pyrrole nitrogens is 1. The van der Waals surface area contributed by atoms with E-state index in [4.69, 9.17) is 10.4 Å². The van der Waals surface area contributed by atoms with Crippen LogP contribution in [0.3, 0.4) is 0 Å². The topological polar surface area (TPSA) is 152 Å². The molecule has 0 aliphatic heterocycles. The third-order valence-electron chi connectivity index (χ3n) is 2.49. The molecular weight excluding hydrogens is 333 g/mol. The number of rotatable bonds is 6. The van der Waals surface area contributed by atoms with Crippen LogP contribution in [0.25, 0.3) is 10.3 Å². The molecule has 1 atom stereocenters. The summed E-state index contributed by atoms with van der Waals surface area (Å²) in [6.07, 6.45) is 4.47. The third kappa shape index (κ3) is 3.90. The molecule has 12 heteroatoms. The molecule has 0 amide bonds. The Morgan fingerprint density at radius 1 is 1.55 bits per heavy atom. The SMILES string of the molecule is CCC=CCn1c(=O)sc2c(=O)[nH]c(NOP(N)(=O)O)nc21. The summed E-state index contributed by atoms with van der Waals surface area (Å²) in [6, 6.07) is 0. The highest BCUT2D eigenvalue weighted by atomic mass is 32.1. The van der Waals surface area contributed by atoms with Crippen molar-refractivity contribution in [2.45, 2.75) is 19.9 Å². The Labute approximate surface area is 127 Å². The second-order valence-corrected chi connectivity index (χ2v) is 6.46. The Morgan fingerprint density at radius 2 is 2.27 bits per heavy atom. The molecule has 2 aromatic rings. The number of nitrogens with one attached hydrogen (secondary N) is 2. The Kier molecular flexibility index (Phi) is 4.94. The zero-order valence-electron chi connectivity index (χ0n) is 11.5. The maximum absolute atomic E-state index is 11.9. The van der Waals surface area contributed by atoms with Crippen molar-refractivity contribution >= 4 is 35.4 Å². The van der Waals surface area contributed by atoms with E-state index in [1.165, 1.54) is 4.57 Å². The average molecular weight is 347 g/mol. The Balaban J connectivity index is 2.44. The summed E-state index contributed by atoms with van der Waals surface area (Å²) in [5, 5.41) is 0. The Hall–Kier alpha value is -1.78. The van der Waals surface area contributed by atoms with Crippen molar-refractivity contribution in [3.63, 3.8) is 0 Å². The zero-order valence-corrected chi connectivity index (χ0v) is 13.2. The van der Waals surface area contributed by atoms with E-state index in [1.54, 1.807) is 6.08 Å². The van der Waals surface area contributed by atoms with E-state index in [2.05, 4.69) is 14.6 Å². The van der Waals surface area contributed by atoms with Crippen molar-refractivity contribution in [3.8, 4) is 0 Å². The number of hydrogen-bond acceptors (Lipinski definition) is 7. The smallest absolute Gasteiger partial charge is 0.311 e. The Morgan fingerprint density at radius 3 is 2.91 bits per heavy atom. The van der Waals surface area contributed by atoms with Crippen molar-refractivity contribution in [2.75, 3.05) is 5.48 Å². The normalized spacial score (nSPS) is 14.5. The number of anilines is 1. The zero-order chi connectivity index (χ0) is 16.3. The number of thiazole rings is 1. The molecule has 0 saturated heterocycles. The van der Waals surface area contributed by atoms with E-state index < -0.39 is 13.3 Å². The van der Waals surface area contributed by atoms with Crippen molar-refractivity contribution in [3.05, 3.63) is 32.2 Å². The van der Waals surface area contributed by atoms with Crippen LogP contribution in [0.15, 0.2) is 21.7 Å². The van der Waals surface area contributed by atoms with E-state index >= 15 is 0 Å². The van der Waals surface area contributed by atoms with E-state index in [9.17, 15) is 14.2 Å². The number of fused-ring (bicyclic) bond motifs is 1. The Bertz CT molecular complexity index is 863. The lowest BCUT2D eigenvalue weighted by molar-refractivity contribution is 0.310. The summed E-state index contributed by atoms with van der Waals surface area (Å²) in [6.45, 7) is 2.21. The highest BCUT2D eigenvalue weighted by molar-refractivity contribution is 7.50. The first kappa shape index (κ1) is 16.6. The standard InChI is InChI=1S/C10H14N5O5PS/c1-2-3-4-5-15-7-6(22-10(15)17)8(16)13-9(12-7)14-20-21(11,18)19/h3-4H,2,5H2,1H3,(H3,11,18,19)(H2,12,13,14,16). The van der Waals surface area contributed by atoms with Crippen molar-refractivity contribution in [2.24, 2.45) is 5.50 Å². The summed E-state index contributed by atoms with van der Waals surface area (Å²) >= 11 is 0.766. The van der Waals surface area contributed by atoms with Gasteiger partial charge in [-0.3, -0.25) is 19.1 Å². The van der Waals surface area contributed by atoms with Gasteiger partial charge in [-0.15, -0.1) is 0 Å². The fourth-order valence-corrected chi connectivity index (χ4v) is 2.67. The summed E-state index contributed by atoms with van der Waals surface area (Å²) < 4.78 is 16.6. The molecule has 0 bridgehead atoms. The molecule has 1 unspecified atom stereocenters. The predicted molar refractivity (Wildman–Crippen MR) is 82.7 cm³/mol. The summed E-state index contributed by atoms with van der Waals surface area (Å²) in [5.41, 5.74) is 6.36. The molecule has 0 radical (unpaired) electrons. The van der Waals surface area contributed by atoms with Crippen molar-refractivity contribution in [1.82, 2.24) is 14.5 Å². The molecule has 0 aromatic carbocycles. The number of nitrogens with two attached hydrogens (primary N) is 1. The van der Waals surface area contributed by atoms with E-state index in [0.29, 0.717) is 0 Å². The monoisotopic (exact) mass is 347 g/mol. The molecule has 2 heterocycles. The fraction of sp³-hybridized carbons (Fsp3) is 0.300. The van der Waals surface area contributed by atoms with Crippen LogP contribution in [0.1, 0.15) is 13.3 Å². The van der Waals surface area contributed by atoms with Gasteiger partial charge in [0.15, 0.2) is 5.65 Å². The van der Waals surface area contributed by atoms with Gasteiger partial charge in [0.25, 0.3) is 5.56 Å². The van der Waals surface area contributed by atoms with Gasteiger partial charge in [0.05, 0.1) is 0 Å². The van der Waals surface area contributed by atoms with E-state index in [-0.39, 0.29) is 27.7 Å². The first-order chi connectivity index (χ1) is 10.3. The molecule has 5 N–H and O–H groups in total. The average Bonchev–Trinajstić information content (AvgIpc) is 2.74. The highest BCUT2D eigenvalue weighted by Gasteiger charge is 2.16. The molecule has 0 aliphatic rings. The molecule has 22 heavy (non-hydrogen) atoms. The minimum atomic E-state index is -4.29. The molecule has 0 spiro atoms. The quantitative estimate of drug-likeness (QED) is 0.335. The van der Waals surface area contributed by atoms with Gasteiger partial charge in [0.2, 0.25) is 5.95 Å². The second-order valence-electron chi connectivity index (χ2n) is 4.18. The van der Waals surface area contributed by atoms with Crippen LogP contribution in [-0.4, -0.2) is 19.4 Å². The van der Waals surface area contributed by atoms with Crippen molar-refractivity contribution in [1.29, 1.82) is 0 Å². The van der Waals surface area contributed by atoms with Gasteiger partial charge in [-0.1, -0.05) is 30.4 Å². The summed E-state index contributed by atoms with van der Waals surface area (Å²) in [4.78, 5) is 38.6. The first-order valence-electron chi connectivity index (χ1n) is 6.16. The van der Waals surface area contributed by atoms with Gasteiger partial charge in [0.1, 0.15) is 4.70 Å². The van der Waals surface area contributed by atoms with Crippen molar-refractivity contribution < 1.29 is 14.1 Å². The number of allylic oxidation sites excluding steroid dienone is 2. The van der Waals surface area contributed by atoms with Gasteiger partial charge < -0.3 is 4.89 Å². The van der Waals surface area contributed by atoms with Crippen LogP contribution in [0.5, 0.6) is 0 Å². The van der Waals surface area contributed by atoms with Crippen LogP contribution >= 0.6 is 19.1 Å². The first-order valence-corrected chi connectivity index (χ1v) is 8.62. The molecule has 0 aliphatic carbocycles. The van der Waals surface area contributed by atoms with Gasteiger partial charge in [-0.05, 0) is 6.42 Å². The molecule has 2 aromatic heterocycles. The third-order valence-corrected chi connectivity index (χ3v) is 3.81. The van der Waals surface area contributed by atoms with Crippen LogP contribution in [0.4, 0.5) is 5.95 Å². The minimum absolute atomic E-state index is 0.149. The molecule has 0 fully saturated rings. The molecule has 0 saturated carbocycles. The number of aromatic amines is 1.